The number of allylic oxidation sites excluding steroid dienone is 1. The molecule has 138 valence electrons. The molecule has 0 N–H and O–H groups in total. The molecule has 1 fully saturated rings. The molecular weight excluding hydrogens is 326 g/mol. The number of rotatable bonds is 7. The van der Waals surface area contributed by atoms with Crippen LogP contribution in [0.2, 0.25) is 0 Å². The molecule has 0 radical (unpaired) electrons. The SMILES string of the molecule is CC=COc1ccc(C(=O)OC2CCC(CCCC)CC2)c(F)c1F. The van der Waals surface area contributed by atoms with Crippen molar-refractivity contribution >= 4 is 5.97 Å². The van der Waals surface area contributed by atoms with E-state index in [9.17, 15) is 13.6 Å². The predicted molar refractivity (Wildman–Crippen MR) is 92.5 cm³/mol. The van der Waals surface area contributed by atoms with E-state index in [2.05, 4.69) is 6.92 Å². The van der Waals surface area contributed by atoms with Crippen LogP contribution in [0, 0.1) is 17.6 Å². The summed E-state index contributed by atoms with van der Waals surface area (Å²) >= 11 is 0. The Morgan fingerprint density at radius 3 is 2.56 bits per heavy atom. The molecule has 0 spiro atoms. The Kier molecular flexibility index (Phi) is 7.41. The highest BCUT2D eigenvalue weighted by Crippen LogP contribution is 2.31. The van der Waals surface area contributed by atoms with Gasteiger partial charge in [-0.05, 0) is 50.7 Å². The highest BCUT2D eigenvalue weighted by atomic mass is 19.2. The standard InChI is InChI=1S/C20H26F2O3/c1-3-5-6-14-7-9-15(10-8-14)25-20(23)16-11-12-17(24-13-4-2)19(22)18(16)21/h4,11-15H,3,5-10H2,1-2H3. The van der Waals surface area contributed by atoms with E-state index in [0.29, 0.717) is 5.92 Å². The Balaban J connectivity index is 1.94. The summed E-state index contributed by atoms with van der Waals surface area (Å²) in [5.74, 6) is -2.80. The largest absolute Gasteiger partial charge is 0.462 e. The normalized spacial score (nSPS) is 20.6. The van der Waals surface area contributed by atoms with Crippen LogP contribution in [0.15, 0.2) is 24.5 Å². The van der Waals surface area contributed by atoms with Gasteiger partial charge in [-0.15, -0.1) is 0 Å². The quantitative estimate of drug-likeness (QED) is 0.461. The molecule has 0 saturated heterocycles. The van der Waals surface area contributed by atoms with E-state index < -0.39 is 23.2 Å². The number of ether oxygens (including phenoxy) is 2. The van der Waals surface area contributed by atoms with Crippen molar-refractivity contribution in [3.8, 4) is 5.75 Å². The molecule has 0 amide bonds. The van der Waals surface area contributed by atoms with Gasteiger partial charge in [0.15, 0.2) is 11.6 Å². The van der Waals surface area contributed by atoms with Crippen molar-refractivity contribution in [3.63, 3.8) is 0 Å². The Morgan fingerprint density at radius 2 is 1.92 bits per heavy atom. The van der Waals surface area contributed by atoms with E-state index >= 15 is 0 Å². The summed E-state index contributed by atoms with van der Waals surface area (Å²) in [5, 5.41) is 0. The highest BCUT2D eigenvalue weighted by Gasteiger charge is 2.26. The summed E-state index contributed by atoms with van der Waals surface area (Å²) in [4.78, 5) is 12.2. The second-order valence-corrected chi connectivity index (χ2v) is 6.52. The van der Waals surface area contributed by atoms with E-state index in [1.807, 2.05) is 0 Å². The zero-order valence-electron chi connectivity index (χ0n) is 14.9. The summed E-state index contributed by atoms with van der Waals surface area (Å²) in [6.07, 6.45) is 9.81. The van der Waals surface area contributed by atoms with Crippen LogP contribution in [0.5, 0.6) is 5.75 Å². The first-order chi connectivity index (χ1) is 12.1. The zero-order chi connectivity index (χ0) is 18.2. The first-order valence-corrected chi connectivity index (χ1v) is 9.03. The van der Waals surface area contributed by atoms with Crippen LogP contribution in [0.3, 0.4) is 0 Å². The summed E-state index contributed by atoms with van der Waals surface area (Å²) in [6, 6.07) is 2.43. The van der Waals surface area contributed by atoms with Crippen LogP contribution in [0.1, 0.15) is 69.2 Å². The average molecular weight is 352 g/mol. The smallest absolute Gasteiger partial charge is 0.341 e. The molecule has 2 rings (SSSR count). The van der Waals surface area contributed by atoms with Crippen LogP contribution in [0.25, 0.3) is 0 Å². The van der Waals surface area contributed by atoms with Gasteiger partial charge < -0.3 is 9.47 Å². The number of halogens is 2. The highest BCUT2D eigenvalue weighted by molar-refractivity contribution is 5.90. The lowest BCUT2D eigenvalue weighted by atomic mass is 9.84. The van der Waals surface area contributed by atoms with E-state index in [4.69, 9.17) is 9.47 Å². The molecule has 25 heavy (non-hydrogen) atoms. The molecule has 1 aliphatic rings. The maximum Gasteiger partial charge on any atom is 0.341 e. The lowest BCUT2D eigenvalue weighted by molar-refractivity contribution is 0.0155. The molecule has 5 heteroatoms. The predicted octanol–water partition coefficient (Wildman–Crippen LogP) is 5.78. The zero-order valence-corrected chi connectivity index (χ0v) is 14.9. The third-order valence-electron chi connectivity index (χ3n) is 4.63. The minimum Gasteiger partial charge on any atom is -0.462 e. The molecule has 0 aliphatic heterocycles. The summed E-state index contributed by atoms with van der Waals surface area (Å²) < 4.78 is 38.4. The van der Waals surface area contributed by atoms with Crippen molar-refractivity contribution in [1.29, 1.82) is 0 Å². The third kappa shape index (κ3) is 5.28. The van der Waals surface area contributed by atoms with Crippen LogP contribution in [-0.4, -0.2) is 12.1 Å². The summed E-state index contributed by atoms with van der Waals surface area (Å²) in [5.41, 5.74) is -0.390. The van der Waals surface area contributed by atoms with E-state index in [1.165, 1.54) is 37.7 Å². The van der Waals surface area contributed by atoms with Crippen LogP contribution >= 0.6 is 0 Å². The van der Waals surface area contributed by atoms with Crippen molar-refractivity contribution in [2.75, 3.05) is 0 Å². The molecule has 1 aromatic carbocycles. The molecule has 0 bridgehead atoms. The number of hydrogen-bond acceptors (Lipinski definition) is 3. The fourth-order valence-electron chi connectivity index (χ4n) is 3.17. The number of carbonyl (C=O) groups excluding carboxylic acids is 1. The Bertz CT molecular complexity index is 605. The van der Waals surface area contributed by atoms with Gasteiger partial charge in [0.1, 0.15) is 6.10 Å². The lowest BCUT2D eigenvalue weighted by Crippen LogP contribution is -2.25. The third-order valence-corrected chi connectivity index (χ3v) is 4.63. The number of carbonyl (C=O) groups is 1. The van der Waals surface area contributed by atoms with E-state index in [1.54, 1.807) is 13.0 Å². The van der Waals surface area contributed by atoms with Gasteiger partial charge in [-0.2, -0.15) is 4.39 Å². The van der Waals surface area contributed by atoms with Gasteiger partial charge in [0, 0.05) is 0 Å². The van der Waals surface area contributed by atoms with Gasteiger partial charge >= 0.3 is 5.97 Å². The second kappa shape index (κ2) is 9.54. The topological polar surface area (TPSA) is 35.5 Å². The first kappa shape index (κ1) is 19.4. The molecule has 1 aromatic rings. The van der Waals surface area contributed by atoms with Gasteiger partial charge in [-0.1, -0.05) is 32.3 Å². The van der Waals surface area contributed by atoms with Gasteiger partial charge in [0.2, 0.25) is 5.82 Å². The van der Waals surface area contributed by atoms with Crippen LogP contribution < -0.4 is 4.74 Å². The minimum atomic E-state index is -1.23. The fourth-order valence-corrected chi connectivity index (χ4v) is 3.17. The maximum absolute atomic E-state index is 14.1. The molecule has 0 atom stereocenters. The molecule has 3 nitrogen and oxygen atoms in total. The van der Waals surface area contributed by atoms with Crippen molar-refractivity contribution in [3.05, 3.63) is 41.7 Å². The molecule has 1 saturated carbocycles. The molecular formula is C20H26F2O3. The molecule has 0 aromatic heterocycles. The Hall–Kier alpha value is -1.91. The molecule has 0 heterocycles. The van der Waals surface area contributed by atoms with Gasteiger partial charge in [0.05, 0.1) is 11.8 Å². The average Bonchev–Trinajstić information content (AvgIpc) is 2.62. The summed E-state index contributed by atoms with van der Waals surface area (Å²) in [6.45, 7) is 3.87. The Labute approximate surface area is 148 Å². The van der Waals surface area contributed by atoms with Crippen molar-refractivity contribution in [1.82, 2.24) is 0 Å². The van der Waals surface area contributed by atoms with Crippen LogP contribution in [-0.2, 0) is 4.74 Å². The minimum absolute atomic E-state index is 0.216. The maximum atomic E-state index is 14.1. The van der Waals surface area contributed by atoms with Crippen molar-refractivity contribution < 1.29 is 23.0 Å². The molecule has 0 unspecified atom stereocenters. The Morgan fingerprint density at radius 1 is 1.20 bits per heavy atom. The molecule has 1 aliphatic carbocycles. The van der Waals surface area contributed by atoms with Gasteiger partial charge in [-0.25, -0.2) is 9.18 Å². The number of hydrogen-bond donors (Lipinski definition) is 0. The van der Waals surface area contributed by atoms with Crippen molar-refractivity contribution in [2.24, 2.45) is 5.92 Å². The number of benzene rings is 1. The lowest BCUT2D eigenvalue weighted by Gasteiger charge is -2.28. The van der Waals surface area contributed by atoms with Gasteiger partial charge in [-0.3, -0.25) is 0 Å². The van der Waals surface area contributed by atoms with E-state index in [0.717, 1.165) is 25.7 Å². The summed E-state index contributed by atoms with van der Waals surface area (Å²) in [7, 11) is 0. The van der Waals surface area contributed by atoms with Crippen LogP contribution in [0.4, 0.5) is 8.78 Å². The second-order valence-electron chi connectivity index (χ2n) is 6.52. The van der Waals surface area contributed by atoms with Crippen molar-refractivity contribution in [2.45, 2.75) is 64.9 Å². The first-order valence-electron chi connectivity index (χ1n) is 9.03. The van der Waals surface area contributed by atoms with E-state index in [-0.39, 0.29) is 11.9 Å². The number of esters is 1. The fraction of sp³-hybridized carbons (Fsp3) is 0.550. The monoisotopic (exact) mass is 352 g/mol. The van der Waals surface area contributed by atoms with Gasteiger partial charge in [0.25, 0.3) is 0 Å². The number of unbranched alkanes of at least 4 members (excludes halogenated alkanes) is 1.